The van der Waals surface area contributed by atoms with Crippen molar-refractivity contribution < 1.29 is 9.53 Å². The number of anilines is 1. The Labute approximate surface area is 116 Å². The smallest absolute Gasteiger partial charge is 0.256 e. The first-order chi connectivity index (χ1) is 9.15. The molecular weight excluding hydrogens is 262 g/mol. The summed E-state index contributed by atoms with van der Waals surface area (Å²) in [5.74, 6) is 0.497. The molecule has 0 saturated carbocycles. The summed E-state index contributed by atoms with van der Waals surface area (Å²) in [5.41, 5.74) is 3.03. The lowest BCUT2D eigenvalue weighted by Gasteiger charge is -2.19. The van der Waals surface area contributed by atoms with Gasteiger partial charge in [-0.15, -0.1) is 0 Å². The van der Waals surface area contributed by atoms with Gasteiger partial charge in [-0.25, -0.2) is 0 Å². The van der Waals surface area contributed by atoms with Crippen molar-refractivity contribution in [2.24, 2.45) is 0 Å². The Kier molecular flexibility index (Phi) is 2.91. The third-order valence-electron chi connectivity index (χ3n) is 3.12. The normalized spacial score (nSPS) is 13.5. The van der Waals surface area contributed by atoms with Gasteiger partial charge in [-0.3, -0.25) is 4.79 Å². The highest BCUT2D eigenvalue weighted by molar-refractivity contribution is 6.32. The molecule has 4 heteroatoms. The molecule has 2 aromatic rings. The number of nitrogens with one attached hydrogen (secondary N) is 1. The second-order valence-electron chi connectivity index (χ2n) is 4.51. The number of rotatable bonds is 0. The molecule has 0 atom stereocenters. The minimum Gasteiger partial charge on any atom is -0.487 e. The zero-order chi connectivity index (χ0) is 13.4. The lowest BCUT2D eigenvalue weighted by molar-refractivity contribution is 0.102. The number of carbonyl (C=O) groups is 1. The van der Waals surface area contributed by atoms with E-state index in [2.05, 4.69) is 5.32 Å². The van der Waals surface area contributed by atoms with Gasteiger partial charge in [-0.1, -0.05) is 23.7 Å². The second-order valence-corrected chi connectivity index (χ2v) is 4.92. The van der Waals surface area contributed by atoms with Crippen LogP contribution in [0.15, 0.2) is 36.4 Å². The summed E-state index contributed by atoms with van der Waals surface area (Å²) in [6.45, 7) is 2.26. The van der Waals surface area contributed by atoms with Crippen molar-refractivity contribution in [3.63, 3.8) is 0 Å². The quantitative estimate of drug-likeness (QED) is 0.793. The van der Waals surface area contributed by atoms with E-state index in [4.69, 9.17) is 16.3 Å². The van der Waals surface area contributed by atoms with Crippen LogP contribution in [0.1, 0.15) is 21.5 Å². The number of halogens is 1. The van der Waals surface area contributed by atoms with Crippen molar-refractivity contribution in [2.75, 3.05) is 5.32 Å². The summed E-state index contributed by atoms with van der Waals surface area (Å²) in [4.78, 5) is 12.3. The van der Waals surface area contributed by atoms with Crippen LogP contribution in [0.25, 0.3) is 0 Å². The summed E-state index contributed by atoms with van der Waals surface area (Å²) in [5, 5.41) is 3.41. The van der Waals surface area contributed by atoms with E-state index >= 15 is 0 Å². The molecule has 0 spiro atoms. The maximum Gasteiger partial charge on any atom is 0.256 e. The maximum absolute atomic E-state index is 12.3. The van der Waals surface area contributed by atoms with Crippen LogP contribution >= 0.6 is 11.6 Å². The topological polar surface area (TPSA) is 38.3 Å². The molecule has 0 fully saturated rings. The van der Waals surface area contributed by atoms with E-state index in [0.717, 1.165) is 5.56 Å². The van der Waals surface area contributed by atoms with Crippen LogP contribution in [0.5, 0.6) is 5.75 Å². The molecule has 1 amide bonds. The molecule has 3 rings (SSSR count). The van der Waals surface area contributed by atoms with Crippen LogP contribution in [0, 0.1) is 6.92 Å². The number of hydrogen-bond acceptors (Lipinski definition) is 2. The van der Waals surface area contributed by atoms with Crippen molar-refractivity contribution in [1.82, 2.24) is 0 Å². The fourth-order valence-corrected chi connectivity index (χ4v) is 2.35. The van der Waals surface area contributed by atoms with Gasteiger partial charge in [0.1, 0.15) is 12.4 Å². The Morgan fingerprint density at radius 2 is 2.11 bits per heavy atom. The first kappa shape index (κ1) is 12.1. The van der Waals surface area contributed by atoms with E-state index in [1.165, 1.54) is 0 Å². The summed E-state index contributed by atoms with van der Waals surface area (Å²) in [6.07, 6.45) is 0. The third-order valence-corrected chi connectivity index (χ3v) is 3.47. The SMILES string of the molecule is Cc1ccc2c(c1)NC(=O)c1cccc(Cl)c1CO2. The van der Waals surface area contributed by atoms with Crippen molar-refractivity contribution >= 4 is 23.2 Å². The van der Waals surface area contributed by atoms with Crippen LogP contribution in [0.2, 0.25) is 5.02 Å². The van der Waals surface area contributed by atoms with Gasteiger partial charge in [0.25, 0.3) is 5.91 Å². The number of benzene rings is 2. The highest BCUT2D eigenvalue weighted by Crippen LogP contribution is 2.31. The van der Waals surface area contributed by atoms with E-state index in [-0.39, 0.29) is 5.91 Å². The van der Waals surface area contributed by atoms with Crippen molar-refractivity contribution in [1.29, 1.82) is 0 Å². The standard InChI is InChI=1S/C15H12ClNO2/c1-9-5-6-14-13(7-9)17-15(18)10-3-2-4-12(16)11(10)8-19-14/h2-7H,8H2,1H3,(H,17,18). The Morgan fingerprint density at radius 1 is 1.26 bits per heavy atom. The summed E-state index contributed by atoms with van der Waals surface area (Å²) in [7, 11) is 0. The van der Waals surface area contributed by atoms with Crippen molar-refractivity contribution in [3.8, 4) is 5.75 Å². The lowest BCUT2D eigenvalue weighted by atomic mass is 10.1. The number of aryl methyl sites for hydroxylation is 1. The molecule has 0 aromatic heterocycles. The second kappa shape index (κ2) is 4.59. The van der Waals surface area contributed by atoms with E-state index in [9.17, 15) is 4.79 Å². The predicted octanol–water partition coefficient (Wildman–Crippen LogP) is 3.79. The Morgan fingerprint density at radius 3 is 2.95 bits per heavy atom. The number of carbonyl (C=O) groups excluding carboxylic acids is 1. The summed E-state index contributed by atoms with van der Waals surface area (Å²) in [6, 6.07) is 11.0. The van der Waals surface area contributed by atoms with Gasteiger partial charge in [-0.05, 0) is 36.8 Å². The molecule has 0 unspecified atom stereocenters. The number of amides is 1. The molecule has 0 saturated heterocycles. The number of fused-ring (bicyclic) bond motifs is 2. The molecular formula is C15H12ClNO2. The first-order valence-corrected chi connectivity index (χ1v) is 6.35. The Balaban J connectivity index is 2.09. The van der Waals surface area contributed by atoms with Gasteiger partial charge in [0.2, 0.25) is 0 Å². The highest BCUT2D eigenvalue weighted by Gasteiger charge is 2.19. The van der Waals surface area contributed by atoms with Gasteiger partial charge in [0, 0.05) is 16.1 Å². The monoisotopic (exact) mass is 273 g/mol. The average Bonchev–Trinajstić information content (AvgIpc) is 2.37. The van der Waals surface area contributed by atoms with Crippen LogP contribution in [0.3, 0.4) is 0 Å². The number of hydrogen-bond donors (Lipinski definition) is 1. The molecule has 0 bridgehead atoms. The molecule has 1 N–H and O–H groups in total. The molecule has 0 aliphatic carbocycles. The summed E-state index contributed by atoms with van der Waals surface area (Å²) < 4.78 is 5.74. The first-order valence-electron chi connectivity index (χ1n) is 5.97. The van der Waals surface area contributed by atoms with Crippen molar-refractivity contribution in [3.05, 3.63) is 58.1 Å². The van der Waals surface area contributed by atoms with E-state index < -0.39 is 0 Å². The van der Waals surface area contributed by atoms with Gasteiger partial charge in [-0.2, -0.15) is 0 Å². The van der Waals surface area contributed by atoms with Crippen LogP contribution in [-0.4, -0.2) is 5.91 Å². The fraction of sp³-hybridized carbons (Fsp3) is 0.133. The van der Waals surface area contributed by atoms with Gasteiger partial charge < -0.3 is 10.1 Å². The predicted molar refractivity (Wildman–Crippen MR) is 74.9 cm³/mol. The molecule has 96 valence electrons. The highest BCUT2D eigenvalue weighted by atomic mass is 35.5. The lowest BCUT2D eigenvalue weighted by Crippen LogP contribution is -2.19. The maximum atomic E-state index is 12.3. The fourth-order valence-electron chi connectivity index (χ4n) is 2.13. The van der Waals surface area contributed by atoms with Crippen LogP contribution in [0.4, 0.5) is 5.69 Å². The minimum absolute atomic E-state index is 0.160. The number of ether oxygens (including phenoxy) is 1. The van der Waals surface area contributed by atoms with Gasteiger partial charge >= 0.3 is 0 Å². The molecule has 1 heterocycles. The Bertz CT molecular complexity index is 667. The average molecular weight is 274 g/mol. The molecule has 2 aromatic carbocycles. The molecule has 1 aliphatic heterocycles. The van der Waals surface area contributed by atoms with Gasteiger partial charge in [0.15, 0.2) is 0 Å². The Hall–Kier alpha value is -2.00. The zero-order valence-electron chi connectivity index (χ0n) is 10.4. The van der Waals surface area contributed by atoms with Crippen LogP contribution < -0.4 is 10.1 Å². The van der Waals surface area contributed by atoms with Gasteiger partial charge in [0.05, 0.1) is 5.69 Å². The minimum atomic E-state index is -0.160. The third kappa shape index (κ3) is 2.17. The molecule has 0 radical (unpaired) electrons. The zero-order valence-corrected chi connectivity index (χ0v) is 11.1. The van der Waals surface area contributed by atoms with Crippen molar-refractivity contribution in [2.45, 2.75) is 13.5 Å². The largest absolute Gasteiger partial charge is 0.487 e. The van der Waals surface area contributed by atoms with E-state index in [1.807, 2.05) is 25.1 Å². The molecule has 3 nitrogen and oxygen atoms in total. The van der Waals surface area contributed by atoms with E-state index in [1.54, 1.807) is 18.2 Å². The molecule has 1 aliphatic rings. The van der Waals surface area contributed by atoms with Crippen LogP contribution in [-0.2, 0) is 6.61 Å². The molecule has 19 heavy (non-hydrogen) atoms. The summed E-state index contributed by atoms with van der Waals surface area (Å²) >= 11 is 6.13. The van der Waals surface area contributed by atoms with E-state index in [0.29, 0.717) is 34.2 Å².